The third-order valence-corrected chi connectivity index (χ3v) is 4.29. The van der Waals surface area contributed by atoms with E-state index in [0.717, 1.165) is 5.75 Å². The molecule has 2 rings (SSSR count). The van der Waals surface area contributed by atoms with Crippen molar-refractivity contribution in [2.75, 3.05) is 5.75 Å². The van der Waals surface area contributed by atoms with Crippen LogP contribution < -0.4 is 0 Å². The van der Waals surface area contributed by atoms with Gasteiger partial charge in [-0.05, 0) is 18.6 Å². The first kappa shape index (κ1) is 13.0. The van der Waals surface area contributed by atoms with Gasteiger partial charge in [0.2, 0.25) is 0 Å². The van der Waals surface area contributed by atoms with Crippen molar-refractivity contribution in [1.82, 2.24) is 0 Å². The molecule has 1 fully saturated rings. The standard InChI is InChI=1S/C15H22OS/c1-2-3-4-8-11-14-15(16-14)12-17-13-9-6-5-7-10-13/h5-7,9-10,14-15H,2-4,8,11-12H2,1H3/t14-,15-/m1/s1. The van der Waals surface area contributed by atoms with E-state index in [1.54, 1.807) is 0 Å². The molecule has 2 atom stereocenters. The van der Waals surface area contributed by atoms with Gasteiger partial charge in [0.05, 0.1) is 12.2 Å². The van der Waals surface area contributed by atoms with E-state index in [4.69, 9.17) is 4.74 Å². The topological polar surface area (TPSA) is 12.5 Å². The van der Waals surface area contributed by atoms with Gasteiger partial charge in [0.15, 0.2) is 0 Å². The third-order valence-electron chi connectivity index (χ3n) is 3.19. The van der Waals surface area contributed by atoms with Gasteiger partial charge in [-0.15, -0.1) is 11.8 Å². The summed E-state index contributed by atoms with van der Waals surface area (Å²) in [6.07, 6.45) is 7.74. The lowest BCUT2D eigenvalue weighted by molar-refractivity contribution is 0.366. The zero-order chi connectivity index (χ0) is 11.9. The summed E-state index contributed by atoms with van der Waals surface area (Å²) >= 11 is 1.91. The molecule has 0 spiro atoms. The van der Waals surface area contributed by atoms with E-state index < -0.39 is 0 Å². The Morgan fingerprint density at radius 1 is 1.06 bits per heavy atom. The molecule has 1 aromatic carbocycles. The van der Waals surface area contributed by atoms with Gasteiger partial charge < -0.3 is 4.74 Å². The van der Waals surface area contributed by atoms with Gasteiger partial charge in [-0.1, -0.05) is 50.8 Å². The zero-order valence-electron chi connectivity index (χ0n) is 10.6. The molecule has 0 radical (unpaired) electrons. The number of hydrogen-bond acceptors (Lipinski definition) is 2. The van der Waals surface area contributed by atoms with Gasteiger partial charge in [0.1, 0.15) is 0 Å². The van der Waals surface area contributed by atoms with E-state index in [9.17, 15) is 0 Å². The van der Waals surface area contributed by atoms with Crippen molar-refractivity contribution in [3.63, 3.8) is 0 Å². The average Bonchev–Trinajstić information content (AvgIpc) is 3.12. The Bertz CT molecular complexity index is 312. The molecule has 0 bridgehead atoms. The number of epoxide rings is 1. The van der Waals surface area contributed by atoms with Crippen LogP contribution in [0, 0.1) is 0 Å². The first-order valence-electron chi connectivity index (χ1n) is 6.73. The molecule has 17 heavy (non-hydrogen) atoms. The van der Waals surface area contributed by atoms with Crippen LogP contribution in [0.4, 0.5) is 0 Å². The molecule has 1 heterocycles. The van der Waals surface area contributed by atoms with Crippen molar-refractivity contribution in [2.45, 2.75) is 56.1 Å². The largest absolute Gasteiger partial charge is 0.369 e. The molecule has 0 aliphatic carbocycles. The van der Waals surface area contributed by atoms with Crippen LogP contribution in [0.1, 0.15) is 39.0 Å². The molecule has 0 unspecified atom stereocenters. The first-order valence-corrected chi connectivity index (χ1v) is 7.72. The van der Waals surface area contributed by atoms with Crippen molar-refractivity contribution >= 4 is 11.8 Å². The Labute approximate surface area is 109 Å². The summed E-state index contributed by atoms with van der Waals surface area (Å²) in [4.78, 5) is 1.35. The normalized spacial score (nSPS) is 22.6. The first-order chi connectivity index (χ1) is 8.40. The second kappa shape index (κ2) is 7.07. The van der Waals surface area contributed by atoms with Crippen LogP contribution in [0.25, 0.3) is 0 Å². The van der Waals surface area contributed by atoms with E-state index in [0.29, 0.717) is 12.2 Å². The molecule has 0 saturated carbocycles. The Morgan fingerprint density at radius 3 is 2.65 bits per heavy atom. The van der Waals surface area contributed by atoms with Crippen molar-refractivity contribution in [1.29, 1.82) is 0 Å². The molecule has 0 aromatic heterocycles. The highest BCUT2D eigenvalue weighted by Gasteiger charge is 2.37. The molecule has 1 aliphatic rings. The van der Waals surface area contributed by atoms with Crippen molar-refractivity contribution in [3.8, 4) is 0 Å². The maximum absolute atomic E-state index is 5.70. The Morgan fingerprint density at radius 2 is 1.88 bits per heavy atom. The van der Waals surface area contributed by atoms with Gasteiger partial charge in [-0.2, -0.15) is 0 Å². The summed E-state index contributed by atoms with van der Waals surface area (Å²) in [6, 6.07) is 10.6. The number of thioether (sulfide) groups is 1. The van der Waals surface area contributed by atoms with Gasteiger partial charge >= 0.3 is 0 Å². The molecule has 1 aliphatic heterocycles. The third kappa shape index (κ3) is 4.72. The van der Waals surface area contributed by atoms with Crippen molar-refractivity contribution in [2.24, 2.45) is 0 Å². The summed E-state index contributed by atoms with van der Waals surface area (Å²) in [7, 11) is 0. The predicted octanol–water partition coefficient (Wildman–Crippen LogP) is 4.52. The van der Waals surface area contributed by atoms with E-state index in [2.05, 4.69) is 37.3 Å². The minimum atomic E-state index is 0.516. The number of hydrogen-bond donors (Lipinski definition) is 0. The molecular weight excluding hydrogens is 228 g/mol. The van der Waals surface area contributed by atoms with Gasteiger partial charge in [0.25, 0.3) is 0 Å². The Balaban J connectivity index is 1.54. The van der Waals surface area contributed by atoms with Crippen LogP contribution in [0.5, 0.6) is 0 Å². The zero-order valence-corrected chi connectivity index (χ0v) is 11.4. The monoisotopic (exact) mass is 250 g/mol. The minimum absolute atomic E-state index is 0.516. The highest BCUT2D eigenvalue weighted by molar-refractivity contribution is 7.99. The number of benzene rings is 1. The van der Waals surface area contributed by atoms with Crippen molar-refractivity contribution < 1.29 is 4.74 Å². The van der Waals surface area contributed by atoms with Crippen LogP contribution in [0.15, 0.2) is 35.2 Å². The summed E-state index contributed by atoms with van der Waals surface area (Å²) < 4.78 is 5.70. The van der Waals surface area contributed by atoms with Crippen LogP contribution in [0.3, 0.4) is 0 Å². The van der Waals surface area contributed by atoms with Gasteiger partial charge in [-0.3, -0.25) is 0 Å². The second-order valence-corrected chi connectivity index (χ2v) is 5.78. The summed E-state index contributed by atoms with van der Waals surface area (Å²) in [5.41, 5.74) is 0. The molecule has 0 N–H and O–H groups in total. The quantitative estimate of drug-likeness (QED) is 0.382. The van der Waals surface area contributed by atoms with Gasteiger partial charge in [0, 0.05) is 10.6 Å². The number of unbranched alkanes of at least 4 members (excludes halogenated alkanes) is 3. The number of rotatable bonds is 8. The predicted molar refractivity (Wildman–Crippen MR) is 74.6 cm³/mol. The van der Waals surface area contributed by atoms with Crippen LogP contribution in [-0.2, 0) is 4.74 Å². The molecule has 1 saturated heterocycles. The Kier molecular flexibility index (Phi) is 5.40. The van der Waals surface area contributed by atoms with E-state index in [1.807, 2.05) is 11.8 Å². The fourth-order valence-corrected chi connectivity index (χ4v) is 3.05. The fourth-order valence-electron chi connectivity index (χ4n) is 2.05. The van der Waals surface area contributed by atoms with Crippen LogP contribution in [-0.4, -0.2) is 18.0 Å². The van der Waals surface area contributed by atoms with Crippen molar-refractivity contribution in [3.05, 3.63) is 30.3 Å². The minimum Gasteiger partial charge on any atom is -0.369 e. The Hall–Kier alpha value is -0.470. The SMILES string of the molecule is CCCCCC[C@H]1O[C@@H]1CSc1ccccc1. The lowest BCUT2D eigenvalue weighted by Gasteiger charge is -1.98. The number of ether oxygens (including phenoxy) is 1. The molecule has 0 amide bonds. The lowest BCUT2D eigenvalue weighted by Crippen LogP contribution is -1.97. The van der Waals surface area contributed by atoms with E-state index in [-0.39, 0.29) is 0 Å². The van der Waals surface area contributed by atoms with E-state index in [1.165, 1.54) is 37.0 Å². The van der Waals surface area contributed by atoms with E-state index >= 15 is 0 Å². The summed E-state index contributed by atoms with van der Waals surface area (Å²) in [5, 5.41) is 0. The molecule has 94 valence electrons. The maximum Gasteiger partial charge on any atom is 0.0935 e. The fraction of sp³-hybridized carbons (Fsp3) is 0.600. The summed E-state index contributed by atoms with van der Waals surface area (Å²) in [6.45, 7) is 2.26. The second-order valence-electron chi connectivity index (χ2n) is 4.69. The van der Waals surface area contributed by atoms with Crippen LogP contribution >= 0.6 is 11.8 Å². The molecule has 1 aromatic rings. The summed E-state index contributed by atoms with van der Waals surface area (Å²) in [5.74, 6) is 1.11. The molecule has 1 nitrogen and oxygen atoms in total. The maximum atomic E-state index is 5.70. The lowest BCUT2D eigenvalue weighted by atomic mass is 10.1. The highest BCUT2D eigenvalue weighted by Crippen LogP contribution is 2.32. The van der Waals surface area contributed by atoms with Crippen LogP contribution in [0.2, 0.25) is 0 Å². The molecular formula is C15H22OS. The van der Waals surface area contributed by atoms with Gasteiger partial charge in [-0.25, -0.2) is 0 Å². The smallest absolute Gasteiger partial charge is 0.0935 e. The molecule has 2 heteroatoms. The average molecular weight is 250 g/mol. The highest BCUT2D eigenvalue weighted by atomic mass is 32.2.